The van der Waals surface area contributed by atoms with Crippen LogP contribution in [-0.4, -0.2) is 38.9 Å². The standard InChI is InChI=1S/C11H19N5O/c1-9-2-4-15(5-3-9)11(17)8-16-7-10(6-12)13-14-16/h7,9H,2-6,8,12H2,1H3. The molecule has 2 rings (SSSR count). The van der Waals surface area contributed by atoms with Crippen molar-refractivity contribution in [3.8, 4) is 0 Å². The van der Waals surface area contributed by atoms with Gasteiger partial charge in [-0.25, -0.2) is 4.68 Å². The van der Waals surface area contributed by atoms with Crippen molar-refractivity contribution in [3.05, 3.63) is 11.9 Å². The molecular weight excluding hydrogens is 218 g/mol. The van der Waals surface area contributed by atoms with Gasteiger partial charge in [0.1, 0.15) is 6.54 Å². The van der Waals surface area contributed by atoms with Gasteiger partial charge in [0.15, 0.2) is 0 Å². The summed E-state index contributed by atoms with van der Waals surface area (Å²) in [7, 11) is 0. The van der Waals surface area contributed by atoms with Crippen molar-refractivity contribution in [2.24, 2.45) is 11.7 Å². The van der Waals surface area contributed by atoms with E-state index in [2.05, 4.69) is 17.2 Å². The SMILES string of the molecule is CC1CCN(C(=O)Cn2cc(CN)nn2)CC1. The van der Waals surface area contributed by atoms with E-state index in [0.717, 1.165) is 31.8 Å². The molecule has 6 heteroatoms. The minimum absolute atomic E-state index is 0.116. The summed E-state index contributed by atoms with van der Waals surface area (Å²) in [5, 5.41) is 7.74. The van der Waals surface area contributed by atoms with E-state index >= 15 is 0 Å². The van der Waals surface area contributed by atoms with Crippen LogP contribution in [0.1, 0.15) is 25.5 Å². The van der Waals surface area contributed by atoms with E-state index in [9.17, 15) is 4.79 Å². The Bertz CT molecular complexity index is 381. The molecule has 6 nitrogen and oxygen atoms in total. The highest BCUT2D eigenvalue weighted by molar-refractivity contribution is 5.75. The van der Waals surface area contributed by atoms with E-state index in [0.29, 0.717) is 12.2 Å². The van der Waals surface area contributed by atoms with Gasteiger partial charge >= 0.3 is 0 Å². The number of hydrogen-bond acceptors (Lipinski definition) is 4. The number of piperidine rings is 1. The summed E-state index contributed by atoms with van der Waals surface area (Å²) in [5.74, 6) is 0.847. The average Bonchev–Trinajstić information content (AvgIpc) is 2.77. The average molecular weight is 237 g/mol. The van der Waals surface area contributed by atoms with Crippen molar-refractivity contribution in [1.82, 2.24) is 19.9 Å². The Morgan fingerprint density at radius 3 is 2.82 bits per heavy atom. The van der Waals surface area contributed by atoms with Crippen LogP contribution in [0.4, 0.5) is 0 Å². The van der Waals surface area contributed by atoms with Gasteiger partial charge in [-0.2, -0.15) is 0 Å². The van der Waals surface area contributed by atoms with Crippen molar-refractivity contribution < 1.29 is 4.79 Å². The summed E-state index contributed by atoms with van der Waals surface area (Å²) < 4.78 is 1.56. The molecule has 0 aliphatic carbocycles. The predicted octanol–water partition coefficient (Wildman–Crippen LogP) is -0.00470. The molecule has 0 atom stereocenters. The molecular formula is C11H19N5O. The number of aromatic nitrogens is 3. The Labute approximate surface area is 101 Å². The molecule has 1 aliphatic heterocycles. The maximum atomic E-state index is 12.0. The number of rotatable bonds is 3. The number of carbonyl (C=O) groups is 1. The Kier molecular flexibility index (Phi) is 3.73. The monoisotopic (exact) mass is 237 g/mol. The second-order valence-corrected chi connectivity index (χ2v) is 4.67. The Balaban J connectivity index is 1.88. The largest absolute Gasteiger partial charge is 0.341 e. The zero-order chi connectivity index (χ0) is 12.3. The summed E-state index contributed by atoms with van der Waals surface area (Å²) in [6.07, 6.45) is 3.92. The number of nitrogens with two attached hydrogens (primary N) is 1. The number of carbonyl (C=O) groups excluding carboxylic acids is 1. The van der Waals surface area contributed by atoms with Gasteiger partial charge < -0.3 is 10.6 Å². The van der Waals surface area contributed by atoms with Crippen LogP contribution < -0.4 is 5.73 Å². The highest BCUT2D eigenvalue weighted by Gasteiger charge is 2.20. The summed E-state index contributed by atoms with van der Waals surface area (Å²) in [4.78, 5) is 13.9. The molecule has 0 bridgehead atoms. The van der Waals surface area contributed by atoms with Crippen molar-refractivity contribution in [3.63, 3.8) is 0 Å². The van der Waals surface area contributed by atoms with Gasteiger partial charge in [-0.3, -0.25) is 4.79 Å². The quantitative estimate of drug-likeness (QED) is 0.802. The van der Waals surface area contributed by atoms with Gasteiger partial charge in [-0.1, -0.05) is 12.1 Å². The number of amides is 1. The maximum absolute atomic E-state index is 12.0. The molecule has 0 radical (unpaired) electrons. The van der Waals surface area contributed by atoms with Crippen LogP contribution in [0, 0.1) is 5.92 Å². The van der Waals surface area contributed by atoms with E-state index in [4.69, 9.17) is 5.73 Å². The fourth-order valence-electron chi connectivity index (χ4n) is 2.01. The maximum Gasteiger partial charge on any atom is 0.244 e. The summed E-state index contributed by atoms with van der Waals surface area (Å²) in [5.41, 5.74) is 6.15. The van der Waals surface area contributed by atoms with Crippen molar-refractivity contribution in [1.29, 1.82) is 0 Å². The van der Waals surface area contributed by atoms with E-state index in [1.807, 2.05) is 4.90 Å². The molecule has 0 aromatic carbocycles. The second kappa shape index (κ2) is 5.27. The number of nitrogens with zero attached hydrogens (tertiary/aromatic N) is 4. The molecule has 17 heavy (non-hydrogen) atoms. The summed E-state index contributed by atoms with van der Waals surface area (Å²) >= 11 is 0. The molecule has 0 unspecified atom stereocenters. The van der Waals surface area contributed by atoms with Crippen LogP contribution in [0.2, 0.25) is 0 Å². The number of hydrogen-bond donors (Lipinski definition) is 1. The Morgan fingerprint density at radius 2 is 2.24 bits per heavy atom. The molecule has 0 saturated carbocycles. The lowest BCUT2D eigenvalue weighted by atomic mass is 9.99. The normalized spacial score (nSPS) is 17.4. The smallest absolute Gasteiger partial charge is 0.244 e. The van der Waals surface area contributed by atoms with E-state index < -0.39 is 0 Å². The predicted molar refractivity (Wildman–Crippen MR) is 62.9 cm³/mol. The van der Waals surface area contributed by atoms with Gasteiger partial charge in [0.2, 0.25) is 5.91 Å². The number of likely N-dealkylation sites (tertiary alicyclic amines) is 1. The van der Waals surface area contributed by atoms with Crippen LogP contribution in [0.15, 0.2) is 6.20 Å². The van der Waals surface area contributed by atoms with E-state index in [-0.39, 0.29) is 12.5 Å². The Morgan fingerprint density at radius 1 is 1.53 bits per heavy atom. The zero-order valence-corrected chi connectivity index (χ0v) is 10.2. The minimum Gasteiger partial charge on any atom is -0.341 e. The Hall–Kier alpha value is -1.43. The minimum atomic E-state index is 0.116. The van der Waals surface area contributed by atoms with Gasteiger partial charge in [0.05, 0.1) is 11.9 Å². The third kappa shape index (κ3) is 3.03. The van der Waals surface area contributed by atoms with Crippen LogP contribution in [0.3, 0.4) is 0 Å². The van der Waals surface area contributed by atoms with Crippen molar-refractivity contribution >= 4 is 5.91 Å². The lowest BCUT2D eigenvalue weighted by molar-refractivity contribution is -0.133. The van der Waals surface area contributed by atoms with Gasteiger partial charge in [0, 0.05) is 19.6 Å². The molecule has 1 saturated heterocycles. The molecule has 2 heterocycles. The van der Waals surface area contributed by atoms with Crippen LogP contribution in [0.25, 0.3) is 0 Å². The summed E-state index contributed by atoms with van der Waals surface area (Å²) in [6, 6.07) is 0. The lowest BCUT2D eigenvalue weighted by Crippen LogP contribution is -2.39. The van der Waals surface area contributed by atoms with Gasteiger partial charge in [0.25, 0.3) is 0 Å². The van der Waals surface area contributed by atoms with Gasteiger partial charge in [-0.15, -0.1) is 5.10 Å². The van der Waals surface area contributed by atoms with Crippen LogP contribution in [0.5, 0.6) is 0 Å². The fraction of sp³-hybridized carbons (Fsp3) is 0.727. The van der Waals surface area contributed by atoms with Crippen molar-refractivity contribution in [2.75, 3.05) is 13.1 Å². The molecule has 1 aliphatic rings. The molecule has 1 aromatic rings. The van der Waals surface area contributed by atoms with Gasteiger partial charge in [-0.05, 0) is 18.8 Å². The zero-order valence-electron chi connectivity index (χ0n) is 10.2. The first-order valence-corrected chi connectivity index (χ1v) is 6.06. The molecule has 0 spiro atoms. The van der Waals surface area contributed by atoms with E-state index in [1.54, 1.807) is 10.9 Å². The first kappa shape index (κ1) is 12.0. The molecule has 1 fully saturated rings. The highest BCUT2D eigenvalue weighted by atomic mass is 16.2. The fourth-order valence-corrected chi connectivity index (χ4v) is 2.01. The molecule has 94 valence electrons. The highest BCUT2D eigenvalue weighted by Crippen LogP contribution is 2.16. The summed E-state index contributed by atoms with van der Waals surface area (Å²) in [6.45, 7) is 4.57. The molecule has 1 amide bonds. The lowest BCUT2D eigenvalue weighted by Gasteiger charge is -2.30. The molecule has 2 N–H and O–H groups in total. The van der Waals surface area contributed by atoms with E-state index in [1.165, 1.54) is 0 Å². The molecule has 1 aromatic heterocycles. The third-order valence-electron chi connectivity index (χ3n) is 3.23. The van der Waals surface area contributed by atoms with Crippen LogP contribution >= 0.6 is 0 Å². The second-order valence-electron chi connectivity index (χ2n) is 4.67. The van der Waals surface area contributed by atoms with Crippen LogP contribution in [-0.2, 0) is 17.9 Å². The third-order valence-corrected chi connectivity index (χ3v) is 3.23. The first-order chi connectivity index (χ1) is 8.19. The van der Waals surface area contributed by atoms with Crippen molar-refractivity contribution in [2.45, 2.75) is 32.9 Å². The topological polar surface area (TPSA) is 77.0 Å². The first-order valence-electron chi connectivity index (χ1n) is 6.06.